The number of carbonyl (C=O) groups is 1. The second kappa shape index (κ2) is 7.89. The molecule has 0 N–H and O–H groups in total. The fraction of sp³-hybridized carbons (Fsp3) is 0.588. The summed E-state index contributed by atoms with van der Waals surface area (Å²) in [5, 5.41) is 11.6. The third-order valence-electron chi connectivity index (χ3n) is 5.13. The van der Waals surface area contributed by atoms with Crippen molar-refractivity contribution in [3.8, 4) is 0 Å². The van der Waals surface area contributed by atoms with Crippen LogP contribution in [0.25, 0.3) is 0 Å². The fourth-order valence-electron chi connectivity index (χ4n) is 3.65. The van der Waals surface area contributed by atoms with Crippen LogP contribution in [0.4, 0.5) is 5.69 Å². The van der Waals surface area contributed by atoms with Crippen LogP contribution in [0, 0.1) is 16.0 Å². The molecule has 25 heavy (non-hydrogen) atoms. The van der Waals surface area contributed by atoms with E-state index in [1.807, 2.05) is 4.90 Å². The average molecular weight is 386 g/mol. The molecule has 1 amide bonds. The molecule has 1 aromatic rings. The van der Waals surface area contributed by atoms with E-state index in [0.29, 0.717) is 43.3 Å². The summed E-state index contributed by atoms with van der Waals surface area (Å²) in [5.74, 6) is 0.482. The molecule has 1 saturated heterocycles. The van der Waals surface area contributed by atoms with Gasteiger partial charge in [0.25, 0.3) is 5.69 Å². The van der Waals surface area contributed by atoms with Crippen LogP contribution < -0.4 is 0 Å². The summed E-state index contributed by atoms with van der Waals surface area (Å²) in [6.45, 7) is 3.24. The lowest BCUT2D eigenvalue weighted by Gasteiger charge is -2.36. The zero-order valence-electron chi connectivity index (χ0n) is 13.9. The number of rotatable bonds is 4. The lowest BCUT2D eigenvalue weighted by molar-refractivity contribution is -0.384. The molecule has 0 bridgehead atoms. The first-order valence-electron chi connectivity index (χ1n) is 8.59. The van der Waals surface area contributed by atoms with Gasteiger partial charge in [0.2, 0.25) is 5.91 Å². The molecule has 0 atom stereocenters. The summed E-state index contributed by atoms with van der Waals surface area (Å²) in [4.78, 5) is 27.1. The number of nitro benzene ring substituents is 1. The molecule has 1 aromatic carbocycles. The van der Waals surface area contributed by atoms with Crippen molar-refractivity contribution in [3.05, 3.63) is 37.9 Å². The maximum Gasteiger partial charge on any atom is 0.288 e. The van der Waals surface area contributed by atoms with Crippen LogP contribution in [0.15, 0.2) is 12.1 Å². The van der Waals surface area contributed by atoms with E-state index in [-0.39, 0.29) is 22.5 Å². The predicted molar refractivity (Wildman–Crippen MR) is 96.9 cm³/mol. The van der Waals surface area contributed by atoms with Crippen molar-refractivity contribution in [2.45, 2.75) is 32.2 Å². The first-order valence-corrected chi connectivity index (χ1v) is 9.35. The van der Waals surface area contributed by atoms with Crippen LogP contribution in [-0.2, 0) is 11.3 Å². The topological polar surface area (TPSA) is 66.7 Å². The number of nitro groups is 1. The molecular weight excluding hydrogens is 365 g/mol. The highest BCUT2D eigenvalue weighted by Gasteiger charge is 2.30. The van der Waals surface area contributed by atoms with Gasteiger partial charge in [-0.05, 0) is 18.9 Å². The zero-order valence-corrected chi connectivity index (χ0v) is 15.4. The SMILES string of the molecule is O=C(C1CCCC1)N1CCN(Cc2c(Cl)ccc([N+](=O)[O-])c2Cl)CC1. The Morgan fingerprint density at radius 2 is 1.80 bits per heavy atom. The van der Waals surface area contributed by atoms with Gasteiger partial charge in [-0.1, -0.05) is 36.0 Å². The standard InChI is InChI=1S/C17H21Cl2N3O3/c18-14-5-6-15(22(24)25)16(19)13(14)11-20-7-9-21(10-8-20)17(23)12-3-1-2-4-12/h5-6,12H,1-4,7-11H2. The number of amides is 1. The van der Waals surface area contributed by atoms with Crippen molar-refractivity contribution >= 4 is 34.8 Å². The van der Waals surface area contributed by atoms with Gasteiger partial charge in [-0.15, -0.1) is 0 Å². The van der Waals surface area contributed by atoms with Crippen molar-refractivity contribution in [1.29, 1.82) is 0 Å². The number of hydrogen-bond donors (Lipinski definition) is 0. The summed E-state index contributed by atoms with van der Waals surface area (Å²) in [5.41, 5.74) is 0.448. The quantitative estimate of drug-likeness (QED) is 0.584. The highest BCUT2D eigenvalue weighted by atomic mass is 35.5. The van der Waals surface area contributed by atoms with E-state index in [1.54, 1.807) is 0 Å². The normalized spacial score (nSPS) is 19.4. The van der Waals surface area contributed by atoms with Crippen molar-refractivity contribution in [2.24, 2.45) is 5.92 Å². The van der Waals surface area contributed by atoms with Crippen LogP contribution in [0.3, 0.4) is 0 Å². The Bertz CT molecular complexity index is 669. The summed E-state index contributed by atoms with van der Waals surface area (Å²) in [6.07, 6.45) is 4.33. The number of carbonyl (C=O) groups excluding carboxylic acids is 1. The molecule has 1 aliphatic carbocycles. The molecule has 2 aliphatic rings. The molecule has 0 aromatic heterocycles. The Morgan fingerprint density at radius 1 is 1.16 bits per heavy atom. The Balaban J connectivity index is 1.62. The van der Waals surface area contributed by atoms with Gasteiger partial charge in [-0.3, -0.25) is 19.8 Å². The third-order valence-corrected chi connectivity index (χ3v) is 5.91. The van der Waals surface area contributed by atoms with E-state index >= 15 is 0 Å². The van der Waals surface area contributed by atoms with Crippen LogP contribution in [0.5, 0.6) is 0 Å². The summed E-state index contributed by atoms with van der Waals surface area (Å²) in [7, 11) is 0. The fourth-order valence-corrected chi connectivity index (χ4v) is 4.21. The Morgan fingerprint density at radius 3 is 2.40 bits per heavy atom. The maximum absolute atomic E-state index is 12.5. The monoisotopic (exact) mass is 385 g/mol. The minimum Gasteiger partial charge on any atom is -0.340 e. The minimum absolute atomic E-state index is 0.0990. The van der Waals surface area contributed by atoms with Gasteiger partial charge < -0.3 is 4.90 Å². The Labute approximate surface area is 156 Å². The van der Waals surface area contributed by atoms with Gasteiger partial charge in [0.1, 0.15) is 5.02 Å². The maximum atomic E-state index is 12.5. The minimum atomic E-state index is -0.500. The number of nitrogens with zero attached hydrogens (tertiary/aromatic N) is 3. The second-order valence-corrected chi connectivity index (χ2v) is 7.48. The zero-order chi connectivity index (χ0) is 18.0. The van der Waals surface area contributed by atoms with E-state index in [1.165, 1.54) is 12.1 Å². The lowest BCUT2D eigenvalue weighted by Crippen LogP contribution is -2.49. The smallest absolute Gasteiger partial charge is 0.288 e. The molecule has 136 valence electrons. The third kappa shape index (κ3) is 4.07. The van der Waals surface area contributed by atoms with Crippen molar-refractivity contribution in [3.63, 3.8) is 0 Å². The van der Waals surface area contributed by atoms with Crippen molar-refractivity contribution < 1.29 is 9.72 Å². The summed E-state index contributed by atoms with van der Waals surface area (Å²) >= 11 is 12.4. The Hall–Kier alpha value is -1.37. The van der Waals surface area contributed by atoms with Gasteiger partial charge in [0, 0.05) is 55.3 Å². The highest BCUT2D eigenvalue weighted by molar-refractivity contribution is 6.37. The molecule has 0 radical (unpaired) electrons. The predicted octanol–water partition coefficient (Wildman–Crippen LogP) is 3.74. The van der Waals surface area contributed by atoms with Gasteiger partial charge in [-0.2, -0.15) is 0 Å². The van der Waals surface area contributed by atoms with Crippen LogP contribution >= 0.6 is 23.2 Å². The summed E-state index contributed by atoms with van der Waals surface area (Å²) < 4.78 is 0. The largest absolute Gasteiger partial charge is 0.340 e. The van der Waals surface area contributed by atoms with Crippen molar-refractivity contribution in [1.82, 2.24) is 9.80 Å². The van der Waals surface area contributed by atoms with Crippen molar-refractivity contribution in [2.75, 3.05) is 26.2 Å². The highest BCUT2D eigenvalue weighted by Crippen LogP contribution is 2.34. The van der Waals surface area contributed by atoms with Crippen LogP contribution in [0.2, 0.25) is 10.0 Å². The van der Waals surface area contributed by atoms with Gasteiger partial charge in [0.05, 0.1) is 4.92 Å². The van der Waals surface area contributed by atoms with Gasteiger partial charge in [0.15, 0.2) is 0 Å². The number of benzene rings is 1. The molecule has 1 aliphatic heterocycles. The number of piperazine rings is 1. The lowest BCUT2D eigenvalue weighted by atomic mass is 10.1. The first kappa shape index (κ1) is 18.4. The Kier molecular flexibility index (Phi) is 5.81. The van der Waals surface area contributed by atoms with E-state index < -0.39 is 4.92 Å². The number of hydrogen-bond acceptors (Lipinski definition) is 4. The molecule has 6 nitrogen and oxygen atoms in total. The molecule has 1 heterocycles. The number of halogens is 2. The first-order chi connectivity index (χ1) is 12.0. The molecular formula is C17H21Cl2N3O3. The molecule has 0 unspecified atom stereocenters. The van der Waals surface area contributed by atoms with E-state index in [0.717, 1.165) is 25.7 Å². The van der Waals surface area contributed by atoms with E-state index in [2.05, 4.69) is 4.90 Å². The van der Waals surface area contributed by atoms with Crippen LogP contribution in [-0.4, -0.2) is 46.8 Å². The van der Waals surface area contributed by atoms with Gasteiger partial charge in [-0.25, -0.2) is 0 Å². The second-order valence-electron chi connectivity index (χ2n) is 6.70. The molecule has 3 rings (SSSR count). The summed E-state index contributed by atoms with van der Waals surface area (Å²) in [6, 6.07) is 2.84. The molecule has 0 spiro atoms. The van der Waals surface area contributed by atoms with E-state index in [4.69, 9.17) is 23.2 Å². The van der Waals surface area contributed by atoms with Gasteiger partial charge >= 0.3 is 0 Å². The average Bonchev–Trinajstić information content (AvgIpc) is 3.13. The van der Waals surface area contributed by atoms with Crippen LogP contribution in [0.1, 0.15) is 31.2 Å². The molecule has 8 heteroatoms. The molecule has 2 fully saturated rings. The molecule has 1 saturated carbocycles. The van der Waals surface area contributed by atoms with E-state index in [9.17, 15) is 14.9 Å².